The van der Waals surface area contributed by atoms with Crippen molar-refractivity contribution in [3.63, 3.8) is 0 Å². The second-order valence-electron chi connectivity index (χ2n) is 9.55. The lowest BCUT2D eigenvalue weighted by molar-refractivity contribution is 0.0697. The minimum Gasteiger partial charge on any atom is -0.492 e. The minimum absolute atomic E-state index is 0.228. The van der Waals surface area contributed by atoms with E-state index in [9.17, 15) is 13.6 Å². The number of carbonyl (C=O) groups is 1. The van der Waals surface area contributed by atoms with E-state index in [0.717, 1.165) is 24.5 Å². The molecular formula is C29H27ClF2N2O3. The quantitative estimate of drug-likeness (QED) is 0.259. The lowest BCUT2D eigenvalue weighted by atomic mass is 9.89. The fourth-order valence-corrected chi connectivity index (χ4v) is 5.19. The molecule has 3 aromatic carbocycles. The lowest BCUT2D eigenvalue weighted by Gasteiger charge is -2.23. The minimum atomic E-state index is -0.970. The van der Waals surface area contributed by atoms with Crippen LogP contribution in [0, 0.1) is 17.6 Å². The highest BCUT2D eigenvalue weighted by atomic mass is 35.5. The maximum absolute atomic E-state index is 14.3. The summed E-state index contributed by atoms with van der Waals surface area (Å²) >= 11 is 6.30. The first-order chi connectivity index (χ1) is 17.9. The van der Waals surface area contributed by atoms with Gasteiger partial charge in [0.05, 0.1) is 28.8 Å². The fraction of sp³-hybridized carbons (Fsp3) is 0.310. The van der Waals surface area contributed by atoms with Gasteiger partial charge in [0.25, 0.3) is 0 Å². The number of benzene rings is 3. The Morgan fingerprint density at radius 2 is 1.76 bits per heavy atom. The van der Waals surface area contributed by atoms with Gasteiger partial charge in [-0.3, -0.25) is 0 Å². The zero-order chi connectivity index (χ0) is 25.9. The highest BCUT2D eigenvalue weighted by Crippen LogP contribution is 2.36. The van der Waals surface area contributed by atoms with Gasteiger partial charge in [0.15, 0.2) is 11.6 Å². The molecule has 192 valence electrons. The SMILES string of the molecule is O=C(O)c1ccc(CCOc2cc(Cl)ccc2-c2nc3cc(F)c(F)cc3n2CC2CCCCC2)cc1. The third kappa shape index (κ3) is 5.62. The zero-order valence-electron chi connectivity index (χ0n) is 20.2. The largest absolute Gasteiger partial charge is 0.492 e. The van der Waals surface area contributed by atoms with E-state index in [2.05, 4.69) is 0 Å². The third-order valence-electron chi connectivity index (χ3n) is 6.99. The first-order valence-corrected chi connectivity index (χ1v) is 12.9. The number of rotatable bonds is 8. The molecule has 0 spiro atoms. The molecule has 1 saturated carbocycles. The van der Waals surface area contributed by atoms with Crippen LogP contribution in [0.4, 0.5) is 8.78 Å². The second-order valence-corrected chi connectivity index (χ2v) is 9.98. The molecule has 0 radical (unpaired) electrons. The fourth-order valence-electron chi connectivity index (χ4n) is 5.03. The first kappa shape index (κ1) is 25.2. The standard InChI is InChI=1S/C29H27ClF2N2O3/c30-21-10-11-22(27(14-21)37-13-12-18-6-8-20(9-7-18)29(35)36)28-33-25-15-23(31)24(32)16-26(25)34(28)17-19-4-2-1-3-5-19/h6-11,14-16,19H,1-5,12-13,17H2,(H,35,36). The number of fused-ring (bicyclic) bond motifs is 1. The van der Waals surface area contributed by atoms with Gasteiger partial charge < -0.3 is 14.4 Å². The van der Waals surface area contributed by atoms with Gasteiger partial charge in [-0.15, -0.1) is 0 Å². The summed E-state index contributed by atoms with van der Waals surface area (Å²) in [4.78, 5) is 15.8. The van der Waals surface area contributed by atoms with Crippen molar-refractivity contribution < 1.29 is 23.4 Å². The summed E-state index contributed by atoms with van der Waals surface area (Å²) in [6, 6.07) is 14.3. The predicted octanol–water partition coefficient (Wildman–Crippen LogP) is 7.53. The predicted molar refractivity (Wildman–Crippen MR) is 139 cm³/mol. The molecule has 0 bridgehead atoms. The Bertz CT molecular complexity index is 1430. The summed E-state index contributed by atoms with van der Waals surface area (Å²) in [6.07, 6.45) is 6.29. The van der Waals surface area contributed by atoms with Crippen molar-refractivity contribution in [3.8, 4) is 17.1 Å². The summed E-state index contributed by atoms with van der Waals surface area (Å²) in [5.41, 5.74) is 2.80. The van der Waals surface area contributed by atoms with Gasteiger partial charge >= 0.3 is 5.97 Å². The van der Waals surface area contributed by atoms with Gasteiger partial charge in [0, 0.05) is 30.1 Å². The molecule has 0 aliphatic heterocycles. The van der Waals surface area contributed by atoms with Crippen LogP contribution in [0.3, 0.4) is 0 Å². The molecule has 8 heteroatoms. The van der Waals surface area contributed by atoms with Crippen LogP contribution in [0.15, 0.2) is 54.6 Å². The number of carboxylic acid groups (broad SMARTS) is 1. The number of ether oxygens (including phenoxy) is 1. The molecule has 1 heterocycles. The van der Waals surface area contributed by atoms with Crippen molar-refractivity contribution in [1.29, 1.82) is 0 Å². The van der Waals surface area contributed by atoms with Gasteiger partial charge in [-0.05, 0) is 54.7 Å². The Balaban J connectivity index is 1.47. The molecule has 1 fully saturated rings. The number of hydrogen-bond donors (Lipinski definition) is 1. The number of carboxylic acids is 1. The number of nitrogens with zero attached hydrogens (tertiary/aromatic N) is 2. The van der Waals surface area contributed by atoms with E-state index in [-0.39, 0.29) is 5.56 Å². The molecule has 0 saturated heterocycles. The van der Waals surface area contributed by atoms with Gasteiger partial charge in [-0.1, -0.05) is 43.0 Å². The maximum Gasteiger partial charge on any atom is 0.335 e. The topological polar surface area (TPSA) is 64.3 Å². The number of halogens is 3. The summed E-state index contributed by atoms with van der Waals surface area (Å²) in [7, 11) is 0. The molecule has 5 nitrogen and oxygen atoms in total. The molecule has 4 aromatic rings. The normalized spacial score (nSPS) is 14.2. The van der Waals surface area contributed by atoms with E-state index in [4.69, 9.17) is 26.4 Å². The molecule has 0 unspecified atom stereocenters. The van der Waals surface area contributed by atoms with Crippen LogP contribution in [-0.4, -0.2) is 27.2 Å². The van der Waals surface area contributed by atoms with Gasteiger partial charge in [0.1, 0.15) is 11.6 Å². The van der Waals surface area contributed by atoms with Crippen molar-refractivity contribution in [1.82, 2.24) is 9.55 Å². The summed E-state index contributed by atoms with van der Waals surface area (Å²) in [5.74, 6) is -1.25. The van der Waals surface area contributed by atoms with Gasteiger partial charge in [0.2, 0.25) is 0 Å². The number of imidazole rings is 1. The maximum atomic E-state index is 14.3. The average Bonchev–Trinajstić information content (AvgIpc) is 3.22. The number of aromatic carboxylic acids is 1. The van der Waals surface area contributed by atoms with Crippen molar-refractivity contribution in [3.05, 3.63) is 82.4 Å². The summed E-state index contributed by atoms with van der Waals surface area (Å²) < 4.78 is 36.5. The Labute approximate surface area is 218 Å². The molecule has 1 aliphatic carbocycles. The van der Waals surface area contributed by atoms with Crippen LogP contribution in [0.25, 0.3) is 22.4 Å². The molecular weight excluding hydrogens is 498 g/mol. The van der Waals surface area contributed by atoms with Crippen molar-refractivity contribution >= 4 is 28.6 Å². The molecule has 5 rings (SSSR count). The smallest absolute Gasteiger partial charge is 0.335 e. The van der Waals surface area contributed by atoms with E-state index in [1.807, 2.05) is 10.6 Å². The Hall–Kier alpha value is -3.45. The highest BCUT2D eigenvalue weighted by Gasteiger charge is 2.22. The highest BCUT2D eigenvalue weighted by molar-refractivity contribution is 6.30. The monoisotopic (exact) mass is 524 g/mol. The Morgan fingerprint density at radius 3 is 2.49 bits per heavy atom. The van der Waals surface area contributed by atoms with Crippen molar-refractivity contribution in [2.75, 3.05) is 6.61 Å². The zero-order valence-corrected chi connectivity index (χ0v) is 21.0. The van der Waals surface area contributed by atoms with Crippen molar-refractivity contribution in [2.45, 2.75) is 45.1 Å². The van der Waals surface area contributed by atoms with E-state index in [0.29, 0.717) is 58.7 Å². The van der Waals surface area contributed by atoms with Crippen LogP contribution in [0.5, 0.6) is 5.75 Å². The van der Waals surface area contributed by atoms with Gasteiger partial charge in [-0.25, -0.2) is 18.6 Å². The molecule has 1 N–H and O–H groups in total. The Kier molecular flexibility index (Phi) is 7.42. The molecule has 37 heavy (non-hydrogen) atoms. The molecule has 1 aromatic heterocycles. The third-order valence-corrected chi connectivity index (χ3v) is 7.22. The molecule has 0 amide bonds. The second kappa shape index (κ2) is 10.9. The van der Waals surface area contributed by atoms with E-state index < -0.39 is 17.6 Å². The first-order valence-electron chi connectivity index (χ1n) is 12.5. The number of aromatic nitrogens is 2. The number of hydrogen-bond acceptors (Lipinski definition) is 3. The average molecular weight is 525 g/mol. The summed E-state index contributed by atoms with van der Waals surface area (Å²) in [6.45, 7) is 0.987. The van der Waals surface area contributed by atoms with Crippen LogP contribution in [-0.2, 0) is 13.0 Å². The van der Waals surface area contributed by atoms with Gasteiger partial charge in [-0.2, -0.15) is 0 Å². The molecule has 0 atom stereocenters. The van der Waals surface area contributed by atoms with E-state index in [1.165, 1.54) is 25.3 Å². The van der Waals surface area contributed by atoms with Crippen LogP contribution in [0.2, 0.25) is 5.02 Å². The van der Waals surface area contributed by atoms with E-state index in [1.54, 1.807) is 36.4 Å². The van der Waals surface area contributed by atoms with E-state index >= 15 is 0 Å². The van der Waals surface area contributed by atoms with Crippen LogP contribution >= 0.6 is 11.6 Å². The molecule has 1 aliphatic rings. The van der Waals surface area contributed by atoms with Crippen LogP contribution < -0.4 is 4.74 Å². The lowest BCUT2D eigenvalue weighted by Crippen LogP contribution is -2.15. The van der Waals surface area contributed by atoms with Crippen LogP contribution in [0.1, 0.15) is 48.0 Å². The van der Waals surface area contributed by atoms with Crippen molar-refractivity contribution in [2.24, 2.45) is 5.92 Å². The Morgan fingerprint density at radius 1 is 1.03 bits per heavy atom. The summed E-state index contributed by atoms with van der Waals surface area (Å²) in [5, 5.41) is 9.58.